The molecule has 0 atom stereocenters. The number of fused-ring (bicyclic) bond motifs is 1. The maximum absolute atomic E-state index is 12.9. The first-order valence-electron chi connectivity index (χ1n) is 14.8. The van der Waals surface area contributed by atoms with Crippen molar-refractivity contribution in [2.75, 3.05) is 44.8 Å². The molecule has 236 valence electrons. The zero-order valence-corrected chi connectivity index (χ0v) is 28.7. The molecule has 5 aromatic rings. The van der Waals surface area contributed by atoms with Crippen molar-refractivity contribution in [3.63, 3.8) is 0 Å². The molecule has 1 aliphatic heterocycles. The molecule has 45 heavy (non-hydrogen) atoms. The fourth-order valence-corrected chi connectivity index (χ4v) is 9.48. The lowest BCUT2D eigenvalue weighted by Gasteiger charge is -2.37. The summed E-state index contributed by atoms with van der Waals surface area (Å²) in [5.41, 5.74) is 1.74. The van der Waals surface area contributed by atoms with Crippen LogP contribution in [0.5, 0.6) is 11.5 Å². The number of nitrogens with zero attached hydrogens (tertiary/aromatic N) is 5. The Kier molecular flexibility index (Phi) is 9.73. The van der Waals surface area contributed by atoms with Crippen LogP contribution in [0.25, 0.3) is 10.2 Å². The Morgan fingerprint density at radius 3 is 2.67 bits per heavy atom. The van der Waals surface area contributed by atoms with E-state index in [9.17, 15) is 8.42 Å². The van der Waals surface area contributed by atoms with E-state index < -0.39 is 10.0 Å². The van der Waals surface area contributed by atoms with Gasteiger partial charge in [0.1, 0.15) is 5.75 Å². The summed E-state index contributed by atoms with van der Waals surface area (Å²) in [6.07, 6.45) is 5.76. The van der Waals surface area contributed by atoms with Gasteiger partial charge < -0.3 is 15.0 Å². The van der Waals surface area contributed by atoms with E-state index in [0.29, 0.717) is 42.0 Å². The Labute approximate surface area is 276 Å². The van der Waals surface area contributed by atoms with Gasteiger partial charge in [0.2, 0.25) is 10.0 Å². The number of hydrogen-bond donors (Lipinski definition) is 1. The van der Waals surface area contributed by atoms with Crippen LogP contribution in [-0.2, 0) is 15.4 Å². The van der Waals surface area contributed by atoms with Crippen molar-refractivity contribution in [2.24, 2.45) is 0 Å². The molecule has 13 heteroatoms. The Bertz CT molecular complexity index is 1850. The number of benzene rings is 1. The molecule has 6 rings (SSSR count). The van der Waals surface area contributed by atoms with Crippen molar-refractivity contribution >= 4 is 65.6 Å². The number of thiazole rings is 1. The fourth-order valence-electron chi connectivity index (χ4n) is 5.24. The molecule has 5 heterocycles. The first kappa shape index (κ1) is 31.9. The molecule has 0 radical (unpaired) electrons. The zero-order chi connectivity index (χ0) is 31.4. The SMILES string of the molecule is CN(C)CCCS(=O)(=O)N1CCC(C)(c2csc(Nc3ncc(Sc4ccnc5ccsc45)cc3Oc3ccccc3)n2)CC1. The molecular formula is C32H36N6O3S4. The largest absolute Gasteiger partial charge is 0.453 e. The summed E-state index contributed by atoms with van der Waals surface area (Å²) in [5, 5.41) is 8.23. The van der Waals surface area contributed by atoms with Gasteiger partial charge in [0, 0.05) is 52.1 Å². The fraction of sp³-hybridized carbons (Fsp3) is 0.344. The molecule has 9 nitrogen and oxygen atoms in total. The van der Waals surface area contributed by atoms with Crippen LogP contribution in [0.1, 0.15) is 31.9 Å². The maximum atomic E-state index is 12.9. The van der Waals surface area contributed by atoms with Crippen LogP contribution < -0.4 is 10.1 Å². The summed E-state index contributed by atoms with van der Waals surface area (Å²) >= 11 is 4.82. The highest BCUT2D eigenvalue weighted by molar-refractivity contribution is 7.99. The van der Waals surface area contributed by atoms with Crippen molar-refractivity contribution in [1.29, 1.82) is 0 Å². The molecule has 0 amide bonds. The highest BCUT2D eigenvalue weighted by atomic mass is 32.2. The van der Waals surface area contributed by atoms with Crippen molar-refractivity contribution in [3.05, 3.63) is 77.4 Å². The van der Waals surface area contributed by atoms with Gasteiger partial charge in [-0.2, -0.15) is 0 Å². The van der Waals surface area contributed by atoms with Crippen molar-refractivity contribution in [1.82, 2.24) is 24.2 Å². The predicted octanol–water partition coefficient (Wildman–Crippen LogP) is 7.47. The number of pyridine rings is 2. The number of piperidine rings is 1. The number of ether oxygens (including phenoxy) is 1. The Morgan fingerprint density at radius 2 is 1.89 bits per heavy atom. The van der Waals surface area contributed by atoms with Crippen LogP contribution in [0.2, 0.25) is 0 Å². The van der Waals surface area contributed by atoms with Gasteiger partial charge in [0.15, 0.2) is 16.7 Å². The maximum Gasteiger partial charge on any atom is 0.214 e. The van der Waals surface area contributed by atoms with E-state index in [0.717, 1.165) is 45.1 Å². The van der Waals surface area contributed by atoms with E-state index in [1.807, 2.05) is 79.9 Å². The van der Waals surface area contributed by atoms with Gasteiger partial charge in [-0.3, -0.25) is 4.98 Å². The van der Waals surface area contributed by atoms with Crippen LogP contribution in [0.3, 0.4) is 0 Å². The van der Waals surface area contributed by atoms with Gasteiger partial charge in [0.25, 0.3) is 0 Å². The lowest BCUT2D eigenvalue weighted by molar-refractivity contribution is 0.245. The number of thiophene rings is 1. The summed E-state index contributed by atoms with van der Waals surface area (Å²) in [6, 6.07) is 15.7. The second-order valence-electron chi connectivity index (χ2n) is 11.6. The Hall–Kier alpha value is -3.07. The molecule has 0 aliphatic carbocycles. The quantitative estimate of drug-likeness (QED) is 0.144. The highest BCUT2D eigenvalue weighted by Crippen LogP contribution is 2.41. The van der Waals surface area contributed by atoms with Crippen LogP contribution in [0, 0.1) is 0 Å². The minimum absolute atomic E-state index is 0.186. The summed E-state index contributed by atoms with van der Waals surface area (Å²) < 4.78 is 35.0. The summed E-state index contributed by atoms with van der Waals surface area (Å²) in [5.74, 6) is 2.07. The Balaban J connectivity index is 1.17. The molecule has 4 aromatic heterocycles. The monoisotopic (exact) mass is 680 g/mol. The number of aromatic nitrogens is 3. The van der Waals surface area contributed by atoms with Crippen LogP contribution >= 0.6 is 34.4 Å². The normalized spacial score (nSPS) is 15.5. The summed E-state index contributed by atoms with van der Waals surface area (Å²) in [7, 11) is 0.664. The first-order valence-corrected chi connectivity index (χ1v) is 19.0. The molecule has 1 saturated heterocycles. The Morgan fingerprint density at radius 1 is 1.09 bits per heavy atom. The first-order chi connectivity index (χ1) is 21.7. The standard InChI is InChI=1S/C32H36N6O3S4/c1-32(12-16-38(17-13-32)45(39,40)19-7-15-37(2)3)28-22-43-31(35-28)36-30-26(41-23-8-5-4-6-9-23)20-24(21-34-30)44-27-10-14-33-25-11-18-42-29(25)27/h4-6,8-11,14,18,20-22H,7,12-13,15-17,19H2,1-3H3,(H,34,35,36). The molecule has 1 aliphatic rings. The third-order valence-corrected chi connectivity index (χ3v) is 12.7. The third-order valence-electron chi connectivity index (χ3n) is 7.91. The third kappa shape index (κ3) is 7.67. The number of hydrogen-bond acceptors (Lipinski definition) is 11. The van der Waals surface area contributed by atoms with Crippen LogP contribution in [-0.4, -0.2) is 72.1 Å². The second kappa shape index (κ2) is 13.7. The van der Waals surface area contributed by atoms with E-state index in [2.05, 4.69) is 28.0 Å². The summed E-state index contributed by atoms with van der Waals surface area (Å²) in [4.78, 5) is 18.3. The molecule has 1 N–H and O–H groups in total. The van der Waals surface area contributed by atoms with E-state index >= 15 is 0 Å². The van der Waals surface area contributed by atoms with Crippen molar-refractivity contribution in [3.8, 4) is 11.5 Å². The number of anilines is 2. The lowest BCUT2D eigenvalue weighted by atomic mass is 9.79. The predicted molar refractivity (Wildman–Crippen MR) is 185 cm³/mol. The average Bonchev–Trinajstić information content (AvgIpc) is 3.70. The smallest absolute Gasteiger partial charge is 0.214 e. The summed E-state index contributed by atoms with van der Waals surface area (Å²) in [6.45, 7) is 3.95. The van der Waals surface area contributed by atoms with Gasteiger partial charge in [-0.05, 0) is 69.5 Å². The molecule has 0 spiro atoms. The van der Waals surface area contributed by atoms with Gasteiger partial charge in [0.05, 0.1) is 21.7 Å². The minimum Gasteiger partial charge on any atom is -0.453 e. The molecule has 0 bridgehead atoms. The van der Waals surface area contributed by atoms with E-state index in [1.54, 1.807) is 27.4 Å². The van der Waals surface area contributed by atoms with Crippen LogP contribution in [0.4, 0.5) is 10.9 Å². The molecular weight excluding hydrogens is 645 g/mol. The van der Waals surface area contributed by atoms with Crippen LogP contribution in [0.15, 0.2) is 81.5 Å². The second-order valence-corrected chi connectivity index (χ2v) is 16.6. The van der Waals surface area contributed by atoms with E-state index in [-0.39, 0.29) is 11.2 Å². The van der Waals surface area contributed by atoms with Crippen molar-refractivity contribution < 1.29 is 13.2 Å². The lowest BCUT2D eigenvalue weighted by Crippen LogP contribution is -2.45. The number of para-hydroxylation sites is 1. The molecule has 1 aromatic carbocycles. The van der Waals surface area contributed by atoms with Crippen molar-refractivity contribution in [2.45, 2.75) is 41.4 Å². The number of nitrogens with one attached hydrogen (secondary N) is 1. The minimum atomic E-state index is -3.26. The number of rotatable bonds is 12. The van der Waals surface area contributed by atoms with Gasteiger partial charge in [-0.15, -0.1) is 22.7 Å². The molecule has 0 unspecified atom stereocenters. The van der Waals surface area contributed by atoms with E-state index in [1.165, 1.54) is 11.3 Å². The average molecular weight is 681 g/mol. The highest BCUT2D eigenvalue weighted by Gasteiger charge is 2.37. The molecule has 1 fully saturated rings. The van der Waals surface area contributed by atoms with E-state index in [4.69, 9.17) is 14.7 Å². The van der Waals surface area contributed by atoms with Gasteiger partial charge >= 0.3 is 0 Å². The number of sulfonamides is 1. The topological polar surface area (TPSA) is 101 Å². The molecule has 0 saturated carbocycles. The van der Waals surface area contributed by atoms with Gasteiger partial charge in [-0.25, -0.2) is 22.7 Å². The van der Waals surface area contributed by atoms with Gasteiger partial charge in [-0.1, -0.05) is 36.9 Å². The zero-order valence-electron chi connectivity index (χ0n) is 25.5.